The molecule has 1 unspecified atom stereocenters. The van der Waals surface area contributed by atoms with E-state index >= 15 is 0 Å². The van der Waals surface area contributed by atoms with Crippen molar-refractivity contribution in [2.24, 2.45) is 5.92 Å². The molecule has 6 heteroatoms. The lowest BCUT2D eigenvalue weighted by atomic mass is 10.1. The second-order valence-corrected chi connectivity index (χ2v) is 4.57. The first-order valence-electron chi connectivity index (χ1n) is 6.69. The van der Waals surface area contributed by atoms with Gasteiger partial charge in [0.1, 0.15) is 0 Å². The highest BCUT2D eigenvalue weighted by molar-refractivity contribution is 5.41. The van der Waals surface area contributed by atoms with Crippen LogP contribution in [0.2, 0.25) is 0 Å². The third-order valence-corrected chi connectivity index (χ3v) is 2.71. The van der Waals surface area contributed by atoms with Crippen LogP contribution in [0, 0.1) is 11.7 Å². The number of hydrogen-bond acceptors (Lipinski definition) is 5. The van der Waals surface area contributed by atoms with E-state index in [1.807, 2.05) is 13.8 Å². The maximum atomic E-state index is 13.7. The van der Waals surface area contributed by atoms with Crippen LogP contribution in [0.3, 0.4) is 0 Å². The molecular formula is C13H23FN4O. The van der Waals surface area contributed by atoms with Crippen LogP contribution in [0.1, 0.15) is 27.7 Å². The van der Waals surface area contributed by atoms with Crippen LogP contribution in [-0.2, 0) is 4.74 Å². The van der Waals surface area contributed by atoms with Crippen LogP contribution in [0.5, 0.6) is 0 Å². The van der Waals surface area contributed by atoms with E-state index in [0.29, 0.717) is 31.6 Å². The molecule has 0 aliphatic carbocycles. The van der Waals surface area contributed by atoms with Gasteiger partial charge in [-0.1, -0.05) is 13.8 Å². The maximum Gasteiger partial charge on any atom is 0.224 e. The summed E-state index contributed by atoms with van der Waals surface area (Å²) in [5.74, 6) is 0.488. The van der Waals surface area contributed by atoms with Gasteiger partial charge in [-0.2, -0.15) is 4.98 Å². The van der Waals surface area contributed by atoms with E-state index in [2.05, 4.69) is 34.4 Å². The Kier molecular flexibility index (Phi) is 6.49. The van der Waals surface area contributed by atoms with Crippen molar-refractivity contribution < 1.29 is 9.13 Å². The zero-order valence-electron chi connectivity index (χ0n) is 12.0. The van der Waals surface area contributed by atoms with Crippen molar-refractivity contribution in [3.05, 3.63) is 12.0 Å². The predicted molar refractivity (Wildman–Crippen MR) is 74.9 cm³/mol. The third-order valence-electron chi connectivity index (χ3n) is 2.71. The highest BCUT2D eigenvalue weighted by atomic mass is 19.1. The van der Waals surface area contributed by atoms with Gasteiger partial charge in [0.2, 0.25) is 5.95 Å². The molecule has 108 valence electrons. The third kappa shape index (κ3) is 4.98. The number of rotatable bonds is 8. The van der Waals surface area contributed by atoms with Crippen LogP contribution in [0.25, 0.3) is 0 Å². The molecule has 0 saturated heterocycles. The summed E-state index contributed by atoms with van der Waals surface area (Å²) in [5, 5.41) is 6.05. The number of ether oxygens (including phenoxy) is 1. The van der Waals surface area contributed by atoms with Crippen molar-refractivity contribution in [1.29, 1.82) is 0 Å². The molecule has 0 radical (unpaired) electrons. The Labute approximate surface area is 114 Å². The molecule has 0 aliphatic rings. The molecule has 1 rings (SSSR count). The maximum absolute atomic E-state index is 13.7. The number of anilines is 2. The molecule has 0 aliphatic heterocycles. The molecule has 1 aromatic rings. The Morgan fingerprint density at radius 2 is 2.11 bits per heavy atom. The van der Waals surface area contributed by atoms with Gasteiger partial charge in [-0.05, 0) is 19.8 Å². The van der Waals surface area contributed by atoms with Gasteiger partial charge in [-0.25, -0.2) is 9.37 Å². The fraction of sp³-hybridized carbons (Fsp3) is 0.692. The first-order valence-corrected chi connectivity index (χ1v) is 6.69. The zero-order valence-corrected chi connectivity index (χ0v) is 12.0. The molecule has 0 saturated carbocycles. The Morgan fingerprint density at radius 3 is 2.68 bits per heavy atom. The van der Waals surface area contributed by atoms with Gasteiger partial charge in [0.15, 0.2) is 11.6 Å². The van der Waals surface area contributed by atoms with Gasteiger partial charge >= 0.3 is 0 Å². The van der Waals surface area contributed by atoms with Gasteiger partial charge in [0, 0.05) is 13.2 Å². The second-order valence-electron chi connectivity index (χ2n) is 4.57. The summed E-state index contributed by atoms with van der Waals surface area (Å²) in [4.78, 5) is 8.00. The standard InChI is InChI=1S/C13H23FN4O/c1-5-15-13-16-7-10(14)12(18-13)17-11(9(3)4)8-19-6-2/h7,9,11H,5-6,8H2,1-4H3,(H2,15,16,17,18). The van der Waals surface area contributed by atoms with Crippen molar-refractivity contribution in [2.75, 3.05) is 30.4 Å². The van der Waals surface area contributed by atoms with Crippen LogP contribution >= 0.6 is 0 Å². The van der Waals surface area contributed by atoms with E-state index in [1.54, 1.807) is 0 Å². The van der Waals surface area contributed by atoms with E-state index in [9.17, 15) is 4.39 Å². The largest absolute Gasteiger partial charge is 0.380 e. The van der Waals surface area contributed by atoms with Crippen molar-refractivity contribution in [2.45, 2.75) is 33.7 Å². The topological polar surface area (TPSA) is 59.1 Å². The van der Waals surface area contributed by atoms with Crippen molar-refractivity contribution in [3.63, 3.8) is 0 Å². The average molecular weight is 270 g/mol. The van der Waals surface area contributed by atoms with E-state index in [4.69, 9.17) is 4.74 Å². The highest BCUT2D eigenvalue weighted by Gasteiger charge is 2.16. The fourth-order valence-electron chi connectivity index (χ4n) is 1.53. The minimum atomic E-state index is -0.455. The molecule has 5 nitrogen and oxygen atoms in total. The van der Waals surface area contributed by atoms with Crippen molar-refractivity contribution in [1.82, 2.24) is 9.97 Å². The summed E-state index contributed by atoms with van der Waals surface area (Å²) in [5.41, 5.74) is 0. The fourth-order valence-corrected chi connectivity index (χ4v) is 1.53. The number of hydrogen-bond donors (Lipinski definition) is 2. The minimum absolute atomic E-state index is 0.0128. The predicted octanol–water partition coefficient (Wildman–Crippen LogP) is 2.52. The van der Waals surface area contributed by atoms with E-state index in [-0.39, 0.29) is 11.9 Å². The lowest BCUT2D eigenvalue weighted by molar-refractivity contribution is 0.126. The molecule has 0 bridgehead atoms. The number of halogens is 1. The number of aromatic nitrogens is 2. The van der Waals surface area contributed by atoms with Crippen LogP contribution in [0.4, 0.5) is 16.2 Å². The molecular weight excluding hydrogens is 247 g/mol. The van der Waals surface area contributed by atoms with Gasteiger partial charge in [0.05, 0.1) is 18.8 Å². The zero-order chi connectivity index (χ0) is 14.3. The SMILES string of the molecule is CCNc1ncc(F)c(NC(COCC)C(C)C)n1. The summed E-state index contributed by atoms with van der Waals surface area (Å²) in [6.07, 6.45) is 1.17. The van der Waals surface area contributed by atoms with Crippen molar-refractivity contribution >= 4 is 11.8 Å². The molecule has 0 fully saturated rings. The van der Waals surface area contributed by atoms with Gasteiger partial charge < -0.3 is 15.4 Å². The summed E-state index contributed by atoms with van der Waals surface area (Å²) >= 11 is 0. The smallest absolute Gasteiger partial charge is 0.224 e. The van der Waals surface area contributed by atoms with Crippen molar-refractivity contribution in [3.8, 4) is 0 Å². The number of nitrogens with zero attached hydrogens (tertiary/aromatic N) is 2. The second kappa shape index (κ2) is 7.89. The molecule has 1 heterocycles. The summed E-state index contributed by atoms with van der Waals surface area (Å²) in [6, 6.07) is 0.0128. The van der Waals surface area contributed by atoms with E-state index in [1.165, 1.54) is 6.20 Å². The molecule has 1 aromatic heterocycles. The Hall–Kier alpha value is -1.43. The van der Waals surface area contributed by atoms with Gasteiger partial charge in [-0.15, -0.1) is 0 Å². The van der Waals surface area contributed by atoms with Crippen LogP contribution in [0.15, 0.2) is 6.20 Å². The quantitative estimate of drug-likeness (QED) is 0.760. The first-order chi connectivity index (χ1) is 9.08. The Morgan fingerprint density at radius 1 is 1.37 bits per heavy atom. The molecule has 1 atom stereocenters. The van der Waals surface area contributed by atoms with Crippen LogP contribution < -0.4 is 10.6 Å². The highest BCUT2D eigenvalue weighted by Crippen LogP contribution is 2.16. The lowest BCUT2D eigenvalue weighted by Crippen LogP contribution is -2.32. The summed E-state index contributed by atoms with van der Waals surface area (Å²) in [6.45, 7) is 9.84. The number of nitrogens with one attached hydrogen (secondary N) is 2. The average Bonchev–Trinajstić information content (AvgIpc) is 2.38. The lowest BCUT2D eigenvalue weighted by Gasteiger charge is -2.23. The molecule has 19 heavy (non-hydrogen) atoms. The van der Waals surface area contributed by atoms with E-state index in [0.717, 1.165) is 0 Å². The van der Waals surface area contributed by atoms with E-state index < -0.39 is 5.82 Å². The monoisotopic (exact) mass is 270 g/mol. The molecule has 0 amide bonds. The van der Waals surface area contributed by atoms with Gasteiger partial charge in [-0.3, -0.25) is 0 Å². The summed E-state index contributed by atoms with van der Waals surface area (Å²) in [7, 11) is 0. The minimum Gasteiger partial charge on any atom is -0.380 e. The molecule has 0 aromatic carbocycles. The molecule has 0 spiro atoms. The molecule has 2 N–H and O–H groups in total. The first kappa shape index (κ1) is 15.6. The van der Waals surface area contributed by atoms with Gasteiger partial charge in [0.25, 0.3) is 0 Å². The Balaban J connectivity index is 2.79. The summed E-state index contributed by atoms with van der Waals surface area (Å²) < 4.78 is 19.1. The van der Waals surface area contributed by atoms with Crippen LogP contribution in [-0.4, -0.2) is 35.8 Å². The Bertz CT molecular complexity index is 387. The normalized spacial score (nSPS) is 12.5.